The highest BCUT2D eigenvalue weighted by atomic mass is 14.6. The first kappa shape index (κ1) is 9.21. The van der Waals surface area contributed by atoms with Crippen LogP contribution in [-0.2, 0) is 0 Å². The number of pyridine rings is 1. The van der Waals surface area contributed by atoms with E-state index in [0.29, 0.717) is 0 Å². The quantitative estimate of drug-likeness (QED) is 0.498. The van der Waals surface area contributed by atoms with Crippen molar-refractivity contribution in [1.29, 1.82) is 0 Å². The third kappa shape index (κ3) is 10.2. The van der Waals surface area contributed by atoms with Crippen LogP contribution in [-0.4, -0.2) is 11.7 Å². The summed E-state index contributed by atoms with van der Waals surface area (Å²) in [5.74, 6) is 0. The smallest absolute Gasteiger partial charge is 0.130 e. The summed E-state index contributed by atoms with van der Waals surface area (Å²) >= 11 is 0. The maximum atomic E-state index is 3.78. The second kappa shape index (κ2) is 6.34. The molecule has 0 N–H and O–H groups in total. The number of rotatable bonds is 0. The highest BCUT2D eigenvalue weighted by Crippen LogP contribution is 1.73. The number of aromatic nitrogens is 1. The Morgan fingerprint density at radius 2 is 1.30 bits per heavy atom. The van der Waals surface area contributed by atoms with Gasteiger partial charge in [-0.15, -0.1) is 0 Å². The normalized spacial score (nSPS) is 7.50. The van der Waals surface area contributed by atoms with Gasteiger partial charge in [0.15, 0.2) is 0 Å². The fourth-order valence-electron chi connectivity index (χ4n) is 0.313. The third-order valence-corrected chi connectivity index (χ3v) is 0.566. The predicted molar refractivity (Wildman–Crippen MR) is 47.6 cm³/mol. The summed E-state index contributed by atoms with van der Waals surface area (Å²) in [5, 5.41) is 0. The van der Waals surface area contributed by atoms with Crippen LogP contribution >= 0.6 is 0 Å². The maximum absolute atomic E-state index is 3.78. The molecule has 0 bridgehead atoms. The van der Waals surface area contributed by atoms with Gasteiger partial charge in [0.1, 0.15) is 6.71 Å². The first-order chi connectivity index (χ1) is 4.73. The van der Waals surface area contributed by atoms with Gasteiger partial charge in [0.2, 0.25) is 0 Å². The zero-order valence-corrected chi connectivity index (χ0v) is 6.91. The van der Waals surface area contributed by atoms with Crippen LogP contribution in [0.4, 0.5) is 0 Å². The van der Waals surface area contributed by atoms with Crippen LogP contribution in [0.25, 0.3) is 0 Å². The summed E-state index contributed by atoms with van der Waals surface area (Å²) in [4.78, 5) is 3.78. The lowest BCUT2D eigenvalue weighted by Crippen LogP contribution is -1.84. The summed E-state index contributed by atoms with van der Waals surface area (Å²) in [7, 11) is 0. The Kier molecular flexibility index (Phi) is 5.84. The van der Waals surface area contributed by atoms with Crippen molar-refractivity contribution >= 4 is 6.71 Å². The van der Waals surface area contributed by atoms with Crippen molar-refractivity contribution in [3.05, 3.63) is 30.6 Å². The SMILES string of the molecule is CB(C)C.c1ccncc1. The second-order valence-electron chi connectivity index (χ2n) is 2.76. The number of nitrogens with zero attached hydrogens (tertiary/aromatic N) is 1. The average Bonchev–Trinajstić information content (AvgIpc) is 1.90. The Morgan fingerprint density at radius 1 is 0.900 bits per heavy atom. The Hall–Kier alpha value is -0.785. The van der Waals surface area contributed by atoms with E-state index >= 15 is 0 Å². The Bertz CT molecular complexity index is 110. The molecule has 1 aromatic heterocycles. The topological polar surface area (TPSA) is 12.9 Å². The molecular weight excluding hydrogens is 121 g/mol. The molecule has 0 saturated heterocycles. The third-order valence-electron chi connectivity index (χ3n) is 0.566. The van der Waals surface area contributed by atoms with Gasteiger partial charge >= 0.3 is 0 Å². The van der Waals surface area contributed by atoms with Gasteiger partial charge in [-0.2, -0.15) is 0 Å². The van der Waals surface area contributed by atoms with E-state index in [0.717, 1.165) is 6.71 Å². The molecule has 0 radical (unpaired) electrons. The molecule has 0 aliphatic heterocycles. The standard InChI is InChI=1S/C5H5N.C3H9B/c1-2-4-6-5-3-1;1-4(2)3/h1-5H;1-3H3. The zero-order chi connectivity index (χ0) is 7.82. The van der Waals surface area contributed by atoms with Gasteiger partial charge in [-0.05, 0) is 12.1 Å². The summed E-state index contributed by atoms with van der Waals surface area (Å²) in [6.45, 7) is 7.33. The van der Waals surface area contributed by atoms with Gasteiger partial charge in [-0.1, -0.05) is 26.5 Å². The molecule has 1 nitrogen and oxygen atoms in total. The van der Waals surface area contributed by atoms with Crippen LogP contribution in [0.1, 0.15) is 0 Å². The van der Waals surface area contributed by atoms with Gasteiger partial charge in [0.05, 0.1) is 0 Å². The van der Waals surface area contributed by atoms with Crippen molar-refractivity contribution in [3.63, 3.8) is 0 Å². The van der Waals surface area contributed by atoms with Crippen molar-refractivity contribution in [3.8, 4) is 0 Å². The average molecular weight is 135 g/mol. The highest BCUT2D eigenvalue weighted by Gasteiger charge is 1.76. The molecule has 0 atom stereocenters. The van der Waals surface area contributed by atoms with E-state index in [1.54, 1.807) is 12.4 Å². The monoisotopic (exact) mass is 135 g/mol. The van der Waals surface area contributed by atoms with Crippen molar-refractivity contribution < 1.29 is 0 Å². The fraction of sp³-hybridized carbons (Fsp3) is 0.375. The largest absolute Gasteiger partial charge is 0.265 e. The lowest BCUT2D eigenvalue weighted by molar-refractivity contribution is 1.33. The van der Waals surface area contributed by atoms with E-state index in [1.807, 2.05) is 18.2 Å². The molecule has 0 fully saturated rings. The van der Waals surface area contributed by atoms with Gasteiger partial charge < -0.3 is 0 Å². The second-order valence-corrected chi connectivity index (χ2v) is 2.76. The Labute approximate surface area is 63.6 Å². The van der Waals surface area contributed by atoms with Crippen LogP contribution in [0.5, 0.6) is 0 Å². The first-order valence-corrected chi connectivity index (χ1v) is 3.58. The lowest BCUT2D eigenvalue weighted by atomic mass is 9.58. The molecule has 0 aliphatic rings. The molecule has 0 aromatic carbocycles. The summed E-state index contributed by atoms with van der Waals surface area (Å²) in [5.41, 5.74) is 0. The molecule has 0 aliphatic carbocycles. The zero-order valence-electron chi connectivity index (χ0n) is 6.91. The summed E-state index contributed by atoms with van der Waals surface area (Å²) < 4.78 is 0. The molecule has 1 rings (SSSR count). The molecule has 1 heterocycles. The molecule has 1 aromatic rings. The van der Waals surface area contributed by atoms with Gasteiger partial charge in [-0.25, -0.2) is 0 Å². The Balaban J connectivity index is 0.000000180. The van der Waals surface area contributed by atoms with E-state index in [4.69, 9.17) is 0 Å². The molecule has 10 heavy (non-hydrogen) atoms. The van der Waals surface area contributed by atoms with E-state index < -0.39 is 0 Å². The molecule has 2 heteroatoms. The van der Waals surface area contributed by atoms with Crippen LogP contribution in [0, 0.1) is 0 Å². The molecule has 54 valence electrons. The number of hydrogen-bond donors (Lipinski definition) is 0. The van der Waals surface area contributed by atoms with Crippen LogP contribution < -0.4 is 0 Å². The van der Waals surface area contributed by atoms with E-state index in [2.05, 4.69) is 25.5 Å². The van der Waals surface area contributed by atoms with Crippen molar-refractivity contribution in [2.45, 2.75) is 20.5 Å². The van der Waals surface area contributed by atoms with Crippen LogP contribution in [0.2, 0.25) is 20.5 Å². The van der Waals surface area contributed by atoms with Gasteiger partial charge in [0.25, 0.3) is 0 Å². The summed E-state index contributed by atoms with van der Waals surface area (Å²) in [6, 6.07) is 5.72. The predicted octanol–water partition coefficient (Wildman–Crippen LogP) is 2.45. The van der Waals surface area contributed by atoms with Crippen molar-refractivity contribution in [2.75, 3.05) is 0 Å². The lowest BCUT2D eigenvalue weighted by Gasteiger charge is -1.71. The molecule has 0 amide bonds. The summed E-state index contributed by atoms with van der Waals surface area (Å²) in [6.07, 6.45) is 3.50. The fourth-order valence-corrected chi connectivity index (χ4v) is 0.313. The van der Waals surface area contributed by atoms with Crippen molar-refractivity contribution in [2.24, 2.45) is 0 Å². The van der Waals surface area contributed by atoms with Crippen LogP contribution in [0.15, 0.2) is 30.6 Å². The minimum Gasteiger partial charge on any atom is -0.265 e. The number of hydrogen-bond acceptors (Lipinski definition) is 1. The highest BCUT2D eigenvalue weighted by molar-refractivity contribution is 6.54. The van der Waals surface area contributed by atoms with E-state index in [-0.39, 0.29) is 0 Å². The van der Waals surface area contributed by atoms with Gasteiger partial charge in [-0.3, -0.25) is 4.98 Å². The maximum Gasteiger partial charge on any atom is 0.130 e. The molecule has 0 saturated carbocycles. The first-order valence-electron chi connectivity index (χ1n) is 3.58. The van der Waals surface area contributed by atoms with Crippen LogP contribution in [0.3, 0.4) is 0 Å². The molecule has 0 unspecified atom stereocenters. The molecule has 0 spiro atoms. The van der Waals surface area contributed by atoms with Gasteiger partial charge in [0, 0.05) is 12.4 Å². The molecular formula is C8H14BN. The van der Waals surface area contributed by atoms with Crippen molar-refractivity contribution in [1.82, 2.24) is 4.98 Å². The van der Waals surface area contributed by atoms with E-state index in [9.17, 15) is 0 Å². The Morgan fingerprint density at radius 3 is 1.40 bits per heavy atom. The van der Waals surface area contributed by atoms with E-state index in [1.165, 1.54) is 0 Å². The minimum absolute atomic E-state index is 0.833. The minimum atomic E-state index is 0.833.